The number of anilines is 1. The molecule has 0 bridgehead atoms. The Morgan fingerprint density at radius 2 is 2.12 bits per heavy atom. The van der Waals surface area contributed by atoms with E-state index in [1.807, 2.05) is 6.07 Å². The lowest BCUT2D eigenvalue weighted by Gasteiger charge is -2.05. The first kappa shape index (κ1) is 12.2. The number of rotatable bonds is 4. The lowest BCUT2D eigenvalue weighted by Crippen LogP contribution is -2.09. The van der Waals surface area contributed by atoms with Crippen LogP contribution in [0.3, 0.4) is 0 Å². The molecular formula is C12H15NO3. The Balaban J connectivity index is 2.67. The Labute approximate surface area is 94.6 Å². The van der Waals surface area contributed by atoms with E-state index in [2.05, 4.69) is 5.32 Å². The van der Waals surface area contributed by atoms with Gasteiger partial charge in [-0.25, -0.2) is 0 Å². The van der Waals surface area contributed by atoms with Gasteiger partial charge < -0.3 is 10.1 Å². The zero-order chi connectivity index (χ0) is 12.0. The zero-order valence-corrected chi connectivity index (χ0v) is 9.45. The van der Waals surface area contributed by atoms with E-state index in [4.69, 9.17) is 4.74 Å². The molecule has 0 spiro atoms. The number of esters is 1. The molecule has 0 aliphatic heterocycles. The molecule has 1 N–H and O–H groups in total. The van der Waals surface area contributed by atoms with Crippen LogP contribution in [0.1, 0.15) is 19.4 Å². The molecule has 1 rings (SSSR count). The second-order valence-electron chi connectivity index (χ2n) is 3.36. The van der Waals surface area contributed by atoms with Crippen molar-refractivity contribution in [2.75, 3.05) is 11.9 Å². The second kappa shape index (κ2) is 5.90. The SMILES string of the molecule is CCOC(=O)Cc1cccc(NC(C)=O)c1. The molecule has 1 aromatic rings. The molecule has 1 aromatic carbocycles. The van der Waals surface area contributed by atoms with E-state index in [1.54, 1.807) is 25.1 Å². The van der Waals surface area contributed by atoms with E-state index >= 15 is 0 Å². The third kappa shape index (κ3) is 4.13. The number of ether oxygens (including phenoxy) is 1. The van der Waals surface area contributed by atoms with Crippen molar-refractivity contribution >= 4 is 17.6 Å². The van der Waals surface area contributed by atoms with Crippen molar-refractivity contribution in [3.05, 3.63) is 29.8 Å². The van der Waals surface area contributed by atoms with Crippen molar-refractivity contribution < 1.29 is 14.3 Å². The molecule has 0 atom stereocenters. The summed E-state index contributed by atoms with van der Waals surface area (Å²) in [6.07, 6.45) is 0.223. The average molecular weight is 221 g/mol. The van der Waals surface area contributed by atoms with Crippen LogP contribution < -0.4 is 5.32 Å². The van der Waals surface area contributed by atoms with Gasteiger partial charge in [0.25, 0.3) is 0 Å². The summed E-state index contributed by atoms with van der Waals surface area (Å²) < 4.78 is 4.84. The van der Waals surface area contributed by atoms with Crippen LogP contribution in [-0.2, 0) is 20.7 Å². The Bertz CT molecular complexity index is 388. The largest absolute Gasteiger partial charge is 0.466 e. The maximum Gasteiger partial charge on any atom is 0.310 e. The Kier molecular flexibility index (Phi) is 4.51. The van der Waals surface area contributed by atoms with Crippen molar-refractivity contribution in [2.45, 2.75) is 20.3 Å². The molecule has 0 aromatic heterocycles. The lowest BCUT2D eigenvalue weighted by atomic mass is 10.1. The molecular weight excluding hydrogens is 206 g/mol. The smallest absolute Gasteiger partial charge is 0.310 e. The minimum Gasteiger partial charge on any atom is -0.466 e. The summed E-state index contributed by atoms with van der Waals surface area (Å²) in [6, 6.07) is 7.15. The van der Waals surface area contributed by atoms with Crippen LogP contribution in [-0.4, -0.2) is 18.5 Å². The van der Waals surface area contributed by atoms with Gasteiger partial charge in [-0.2, -0.15) is 0 Å². The number of nitrogens with one attached hydrogen (secondary N) is 1. The van der Waals surface area contributed by atoms with Crippen LogP contribution >= 0.6 is 0 Å². The highest BCUT2D eigenvalue weighted by atomic mass is 16.5. The van der Waals surface area contributed by atoms with Gasteiger partial charge in [0, 0.05) is 12.6 Å². The summed E-state index contributed by atoms with van der Waals surface area (Å²) >= 11 is 0. The fourth-order valence-corrected chi connectivity index (χ4v) is 1.34. The third-order valence-corrected chi connectivity index (χ3v) is 1.90. The minimum atomic E-state index is -0.262. The number of carbonyl (C=O) groups excluding carboxylic acids is 2. The summed E-state index contributed by atoms with van der Waals surface area (Å²) in [5.74, 6) is -0.393. The first-order chi connectivity index (χ1) is 7.61. The van der Waals surface area contributed by atoms with E-state index < -0.39 is 0 Å². The van der Waals surface area contributed by atoms with E-state index in [-0.39, 0.29) is 18.3 Å². The van der Waals surface area contributed by atoms with Gasteiger partial charge in [0.05, 0.1) is 13.0 Å². The van der Waals surface area contributed by atoms with Gasteiger partial charge in [-0.1, -0.05) is 12.1 Å². The number of benzene rings is 1. The van der Waals surface area contributed by atoms with Gasteiger partial charge in [0.1, 0.15) is 0 Å². The maximum absolute atomic E-state index is 11.2. The molecule has 4 heteroatoms. The highest BCUT2D eigenvalue weighted by molar-refractivity contribution is 5.88. The lowest BCUT2D eigenvalue weighted by molar-refractivity contribution is -0.142. The van der Waals surface area contributed by atoms with E-state index in [0.717, 1.165) is 5.56 Å². The van der Waals surface area contributed by atoms with Gasteiger partial charge in [-0.15, -0.1) is 0 Å². The molecule has 0 fully saturated rings. The topological polar surface area (TPSA) is 55.4 Å². The predicted octanol–water partition coefficient (Wildman–Crippen LogP) is 1.75. The normalized spacial score (nSPS) is 9.62. The number of amides is 1. The summed E-state index contributed by atoms with van der Waals surface area (Å²) in [5, 5.41) is 2.66. The van der Waals surface area contributed by atoms with Crippen molar-refractivity contribution in [3.63, 3.8) is 0 Å². The third-order valence-electron chi connectivity index (χ3n) is 1.90. The van der Waals surface area contributed by atoms with Crippen molar-refractivity contribution in [2.24, 2.45) is 0 Å². The predicted molar refractivity (Wildman–Crippen MR) is 61.1 cm³/mol. The molecule has 0 radical (unpaired) electrons. The minimum absolute atomic E-state index is 0.131. The summed E-state index contributed by atoms with van der Waals surface area (Å²) in [4.78, 5) is 22.1. The Hall–Kier alpha value is -1.84. The summed E-state index contributed by atoms with van der Waals surface area (Å²) in [7, 11) is 0. The molecule has 0 unspecified atom stereocenters. The average Bonchev–Trinajstić information content (AvgIpc) is 2.17. The van der Waals surface area contributed by atoms with Gasteiger partial charge in [-0.05, 0) is 24.6 Å². The molecule has 0 aliphatic carbocycles. The maximum atomic E-state index is 11.2. The fourth-order valence-electron chi connectivity index (χ4n) is 1.34. The van der Waals surface area contributed by atoms with E-state index in [0.29, 0.717) is 12.3 Å². The molecule has 1 amide bonds. The number of carbonyl (C=O) groups is 2. The monoisotopic (exact) mass is 221 g/mol. The van der Waals surface area contributed by atoms with Crippen LogP contribution in [0, 0.1) is 0 Å². The Morgan fingerprint density at radius 1 is 1.38 bits per heavy atom. The molecule has 0 aliphatic rings. The molecule has 16 heavy (non-hydrogen) atoms. The fraction of sp³-hybridized carbons (Fsp3) is 0.333. The van der Waals surface area contributed by atoms with Gasteiger partial charge in [-0.3, -0.25) is 9.59 Å². The standard InChI is InChI=1S/C12H15NO3/c1-3-16-12(15)8-10-5-4-6-11(7-10)13-9(2)14/h4-7H,3,8H2,1-2H3,(H,13,14). The molecule has 0 saturated carbocycles. The van der Waals surface area contributed by atoms with E-state index in [1.165, 1.54) is 6.92 Å². The van der Waals surface area contributed by atoms with Crippen LogP contribution in [0.25, 0.3) is 0 Å². The second-order valence-corrected chi connectivity index (χ2v) is 3.36. The highest BCUT2D eigenvalue weighted by Crippen LogP contribution is 2.11. The van der Waals surface area contributed by atoms with E-state index in [9.17, 15) is 9.59 Å². The van der Waals surface area contributed by atoms with Crippen molar-refractivity contribution in [3.8, 4) is 0 Å². The van der Waals surface area contributed by atoms with Crippen LogP contribution in [0.4, 0.5) is 5.69 Å². The van der Waals surface area contributed by atoms with Crippen LogP contribution in [0.5, 0.6) is 0 Å². The number of hydrogen-bond donors (Lipinski definition) is 1. The highest BCUT2D eigenvalue weighted by Gasteiger charge is 2.04. The first-order valence-electron chi connectivity index (χ1n) is 5.14. The Morgan fingerprint density at radius 3 is 2.75 bits per heavy atom. The van der Waals surface area contributed by atoms with Gasteiger partial charge in [0.15, 0.2) is 0 Å². The zero-order valence-electron chi connectivity index (χ0n) is 9.45. The van der Waals surface area contributed by atoms with Crippen LogP contribution in [0.2, 0.25) is 0 Å². The molecule has 4 nitrogen and oxygen atoms in total. The summed E-state index contributed by atoms with van der Waals surface area (Å²) in [5.41, 5.74) is 1.51. The number of hydrogen-bond acceptors (Lipinski definition) is 3. The molecule has 86 valence electrons. The van der Waals surface area contributed by atoms with Crippen LogP contribution in [0.15, 0.2) is 24.3 Å². The summed E-state index contributed by atoms with van der Waals surface area (Å²) in [6.45, 7) is 3.59. The van der Waals surface area contributed by atoms with Crippen molar-refractivity contribution in [1.29, 1.82) is 0 Å². The van der Waals surface area contributed by atoms with Gasteiger partial charge in [0.2, 0.25) is 5.91 Å². The van der Waals surface area contributed by atoms with Crippen molar-refractivity contribution in [1.82, 2.24) is 0 Å². The quantitative estimate of drug-likeness (QED) is 0.788. The van der Waals surface area contributed by atoms with Gasteiger partial charge >= 0.3 is 5.97 Å². The first-order valence-corrected chi connectivity index (χ1v) is 5.14. The molecule has 0 heterocycles. The molecule has 0 saturated heterocycles.